The van der Waals surface area contributed by atoms with Crippen molar-refractivity contribution in [2.45, 2.75) is 44.6 Å². The minimum Gasteiger partial charge on any atom is -0.489 e. The SMILES string of the molecule is Cc1cnc2c(Nc3cccnn3)cc(C(=O)CC[C@](C)(O)c3cc4c(c(-c5ccc(F)cc5)n3)OC[C@]4(C)C(N)=O)cc2c1. The predicted octanol–water partition coefficient (Wildman–Crippen LogP) is 5.28. The number of fused-ring (bicyclic) bond motifs is 2. The van der Waals surface area contributed by atoms with E-state index in [1.165, 1.54) is 12.1 Å². The quantitative estimate of drug-likeness (QED) is 0.190. The molecule has 228 valence electrons. The van der Waals surface area contributed by atoms with Crippen LogP contribution in [0.2, 0.25) is 0 Å². The van der Waals surface area contributed by atoms with Gasteiger partial charge >= 0.3 is 0 Å². The molecule has 0 spiro atoms. The molecule has 3 aromatic heterocycles. The number of benzene rings is 2. The summed E-state index contributed by atoms with van der Waals surface area (Å²) >= 11 is 0. The number of aliphatic hydroxyl groups is 1. The van der Waals surface area contributed by atoms with Gasteiger partial charge in [-0.15, -0.1) is 5.10 Å². The number of nitrogens with zero attached hydrogens (tertiary/aromatic N) is 4. The molecular weight excluding hydrogens is 575 g/mol. The van der Waals surface area contributed by atoms with E-state index in [-0.39, 0.29) is 30.9 Å². The summed E-state index contributed by atoms with van der Waals surface area (Å²) < 4.78 is 19.6. The number of amides is 1. The molecule has 5 aromatic rings. The second kappa shape index (κ2) is 11.3. The highest BCUT2D eigenvalue weighted by atomic mass is 19.1. The molecule has 2 atom stereocenters. The number of ether oxygens (including phenoxy) is 1. The van der Waals surface area contributed by atoms with E-state index in [1.54, 1.807) is 68.7 Å². The van der Waals surface area contributed by atoms with Crippen molar-refractivity contribution in [3.05, 3.63) is 101 Å². The summed E-state index contributed by atoms with van der Waals surface area (Å²) in [6.45, 7) is 5.15. The Labute approximate surface area is 258 Å². The van der Waals surface area contributed by atoms with Gasteiger partial charge in [0, 0.05) is 40.9 Å². The lowest BCUT2D eigenvalue weighted by atomic mass is 9.81. The number of anilines is 2. The van der Waals surface area contributed by atoms with Crippen LogP contribution in [0, 0.1) is 12.7 Å². The van der Waals surface area contributed by atoms with E-state index in [1.807, 2.05) is 13.0 Å². The van der Waals surface area contributed by atoms with Crippen LogP contribution in [-0.2, 0) is 15.8 Å². The highest BCUT2D eigenvalue weighted by Crippen LogP contribution is 2.46. The Morgan fingerprint density at radius 2 is 1.93 bits per heavy atom. The molecule has 11 heteroatoms. The van der Waals surface area contributed by atoms with E-state index in [9.17, 15) is 19.1 Å². The number of nitrogens with one attached hydrogen (secondary N) is 1. The van der Waals surface area contributed by atoms with Crippen LogP contribution in [0.4, 0.5) is 15.9 Å². The molecule has 0 saturated carbocycles. The van der Waals surface area contributed by atoms with Crippen molar-refractivity contribution in [1.29, 1.82) is 0 Å². The fraction of sp³-hybridized carbons (Fsp3) is 0.235. The van der Waals surface area contributed by atoms with Crippen molar-refractivity contribution in [3.63, 3.8) is 0 Å². The third kappa shape index (κ3) is 5.69. The molecule has 6 rings (SSSR count). The summed E-state index contributed by atoms with van der Waals surface area (Å²) in [4.78, 5) is 35.4. The largest absolute Gasteiger partial charge is 0.489 e. The molecule has 10 nitrogen and oxygen atoms in total. The fourth-order valence-corrected chi connectivity index (χ4v) is 5.42. The molecule has 1 aliphatic heterocycles. The number of hydrogen-bond donors (Lipinski definition) is 3. The average Bonchev–Trinajstić information content (AvgIpc) is 3.38. The normalized spacial score (nSPS) is 16.9. The van der Waals surface area contributed by atoms with Gasteiger partial charge in [-0.25, -0.2) is 9.37 Å². The van der Waals surface area contributed by atoms with E-state index in [0.29, 0.717) is 45.2 Å². The van der Waals surface area contributed by atoms with Gasteiger partial charge in [0.2, 0.25) is 5.91 Å². The second-order valence-corrected chi connectivity index (χ2v) is 11.8. The van der Waals surface area contributed by atoms with Crippen LogP contribution in [0.5, 0.6) is 5.75 Å². The summed E-state index contributed by atoms with van der Waals surface area (Å²) in [5.41, 5.74) is 7.24. The van der Waals surface area contributed by atoms with Crippen LogP contribution in [0.3, 0.4) is 0 Å². The molecule has 4 N–H and O–H groups in total. The van der Waals surface area contributed by atoms with E-state index in [0.717, 1.165) is 10.9 Å². The molecule has 1 amide bonds. The maximum atomic E-state index is 13.7. The van der Waals surface area contributed by atoms with Gasteiger partial charge in [-0.05, 0) is 93.4 Å². The minimum atomic E-state index is -1.59. The zero-order chi connectivity index (χ0) is 31.9. The Morgan fingerprint density at radius 3 is 2.64 bits per heavy atom. The number of pyridine rings is 2. The number of aryl methyl sites for hydroxylation is 1. The molecule has 2 aromatic carbocycles. The summed E-state index contributed by atoms with van der Waals surface area (Å²) in [6.07, 6.45) is 3.32. The lowest BCUT2D eigenvalue weighted by molar-refractivity contribution is -0.123. The number of nitrogens with two attached hydrogens (primary N) is 1. The molecule has 4 heterocycles. The van der Waals surface area contributed by atoms with Gasteiger partial charge < -0.3 is 20.9 Å². The molecule has 0 unspecified atom stereocenters. The highest BCUT2D eigenvalue weighted by molar-refractivity contribution is 6.03. The Balaban J connectivity index is 1.33. The number of primary amides is 1. The molecule has 45 heavy (non-hydrogen) atoms. The number of hydrogen-bond acceptors (Lipinski definition) is 9. The summed E-state index contributed by atoms with van der Waals surface area (Å²) in [7, 11) is 0. The first-order valence-electron chi connectivity index (χ1n) is 14.4. The molecule has 1 aliphatic rings. The van der Waals surface area contributed by atoms with Gasteiger partial charge in [0.05, 0.1) is 16.9 Å². The predicted molar refractivity (Wildman–Crippen MR) is 167 cm³/mol. The third-order valence-corrected chi connectivity index (χ3v) is 8.20. The maximum absolute atomic E-state index is 13.7. The molecule has 0 saturated heterocycles. The first kappa shape index (κ1) is 29.8. The average molecular weight is 607 g/mol. The van der Waals surface area contributed by atoms with Crippen molar-refractivity contribution >= 4 is 34.1 Å². The summed E-state index contributed by atoms with van der Waals surface area (Å²) in [6, 6.07) is 16.2. The van der Waals surface area contributed by atoms with Gasteiger partial charge in [0.1, 0.15) is 34.9 Å². The topological polar surface area (TPSA) is 153 Å². The van der Waals surface area contributed by atoms with Gasteiger partial charge in [-0.2, -0.15) is 5.10 Å². The minimum absolute atomic E-state index is 0.00114. The summed E-state index contributed by atoms with van der Waals surface area (Å²) in [5, 5.41) is 23.7. The van der Waals surface area contributed by atoms with Gasteiger partial charge in [-0.1, -0.05) is 0 Å². The van der Waals surface area contributed by atoms with Crippen LogP contribution in [-0.4, -0.2) is 43.6 Å². The van der Waals surface area contributed by atoms with Crippen LogP contribution in [0.1, 0.15) is 53.9 Å². The second-order valence-electron chi connectivity index (χ2n) is 11.8. The Bertz CT molecular complexity index is 1950. The lowest BCUT2D eigenvalue weighted by Crippen LogP contribution is -2.40. The monoisotopic (exact) mass is 606 g/mol. The van der Waals surface area contributed by atoms with Crippen LogP contribution < -0.4 is 15.8 Å². The van der Waals surface area contributed by atoms with E-state index in [4.69, 9.17) is 15.5 Å². The van der Waals surface area contributed by atoms with E-state index >= 15 is 0 Å². The third-order valence-electron chi connectivity index (χ3n) is 8.20. The van der Waals surface area contributed by atoms with Gasteiger partial charge in [-0.3, -0.25) is 14.6 Å². The first-order valence-corrected chi connectivity index (χ1v) is 14.4. The zero-order valence-corrected chi connectivity index (χ0v) is 25.0. The van der Waals surface area contributed by atoms with Crippen molar-refractivity contribution < 1.29 is 23.8 Å². The molecule has 0 fully saturated rings. The number of halogens is 1. The standard InChI is InChI=1S/C34H31FN6O4/c1-19-13-22-14-21(15-25(29(22)37-17-19)39-28-5-4-12-38-41-28)26(42)10-11-34(3,44)27-16-24-31(45-18-33(24,2)32(36)43)30(40-27)20-6-8-23(35)9-7-20/h4-9,12-17,44H,10-11,18H2,1-3H3,(H2,36,43)(H,39,41)/t33-,34-/m0/s1. The Morgan fingerprint density at radius 1 is 1.16 bits per heavy atom. The van der Waals surface area contributed by atoms with Crippen molar-refractivity contribution in [2.24, 2.45) is 5.73 Å². The molecular formula is C34H31FN6O4. The first-order chi connectivity index (χ1) is 21.4. The Kier molecular flexibility index (Phi) is 7.49. The number of aromatic nitrogens is 4. The molecule has 0 radical (unpaired) electrons. The van der Waals surface area contributed by atoms with E-state index in [2.05, 4.69) is 20.5 Å². The Hall–Kier alpha value is -5.29. The smallest absolute Gasteiger partial charge is 0.231 e. The molecule has 0 bridgehead atoms. The highest BCUT2D eigenvalue weighted by Gasteiger charge is 2.45. The summed E-state index contributed by atoms with van der Waals surface area (Å²) in [5.74, 6) is -0.368. The number of rotatable bonds is 9. The molecule has 0 aliphatic carbocycles. The van der Waals surface area contributed by atoms with Crippen molar-refractivity contribution in [3.8, 4) is 17.0 Å². The number of Topliss-reactive ketones (excluding diaryl/α,β-unsaturated/α-hetero) is 1. The zero-order valence-electron chi connectivity index (χ0n) is 25.0. The van der Waals surface area contributed by atoms with Gasteiger partial charge in [0.15, 0.2) is 11.6 Å². The lowest BCUT2D eigenvalue weighted by Gasteiger charge is -2.26. The van der Waals surface area contributed by atoms with Gasteiger partial charge in [0.25, 0.3) is 0 Å². The van der Waals surface area contributed by atoms with Crippen LogP contribution >= 0.6 is 0 Å². The maximum Gasteiger partial charge on any atom is 0.231 e. The van der Waals surface area contributed by atoms with Crippen molar-refractivity contribution in [2.75, 3.05) is 11.9 Å². The number of ketones is 1. The van der Waals surface area contributed by atoms with Crippen LogP contribution in [0.25, 0.3) is 22.2 Å². The van der Waals surface area contributed by atoms with Crippen molar-refractivity contribution in [1.82, 2.24) is 20.2 Å². The number of carbonyl (C=O) groups excluding carboxylic acids is 2. The number of carbonyl (C=O) groups is 2. The van der Waals surface area contributed by atoms with E-state index < -0.39 is 22.7 Å². The fourth-order valence-electron chi connectivity index (χ4n) is 5.42. The van der Waals surface area contributed by atoms with Crippen LogP contribution in [0.15, 0.2) is 73.1 Å².